The van der Waals surface area contributed by atoms with Crippen LogP contribution in [0.4, 0.5) is 4.39 Å². The number of rotatable bonds is 4. The Morgan fingerprint density at radius 1 is 1.16 bits per heavy atom. The van der Waals surface area contributed by atoms with Crippen molar-refractivity contribution in [1.29, 1.82) is 0 Å². The molecule has 0 aliphatic rings. The molecule has 0 N–H and O–H groups in total. The standard InChI is InChI=1S/C15H12Br2ClF/c16-9-12(10-3-1-5-13(17)8-10)7-11-4-2-6-14(19)15(11)18/h1-6,8,12H,7,9H2. The van der Waals surface area contributed by atoms with Gasteiger partial charge in [-0.3, -0.25) is 0 Å². The predicted octanol–water partition coefficient (Wildman–Crippen LogP) is 5.96. The molecule has 2 aromatic carbocycles. The van der Waals surface area contributed by atoms with Gasteiger partial charge in [-0.05, 0) is 41.7 Å². The van der Waals surface area contributed by atoms with Crippen molar-refractivity contribution in [2.75, 3.05) is 5.33 Å². The van der Waals surface area contributed by atoms with Gasteiger partial charge in [-0.15, -0.1) is 0 Å². The summed E-state index contributed by atoms with van der Waals surface area (Å²) in [5, 5.41) is 1.03. The Morgan fingerprint density at radius 3 is 2.58 bits per heavy atom. The van der Waals surface area contributed by atoms with Gasteiger partial charge in [-0.2, -0.15) is 0 Å². The molecule has 1 unspecified atom stereocenters. The molecular weight excluding hydrogens is 394 g/mol. The van der Waals surface area contributed by atoms with Gasteiger partial charge in [0.15, 0.2) is 0 Å². The first-order valence-corrected chi connectivity index (χ1v) is 8.15. The van der Waals surface area contributed by atoms with E-state index in [0.29, 0.717) is 6.42 Å². The summed E-state index contributed by atoms with van der Waals surface area (Å²) in [5.41, 5.74) is 2.04. The van der Waals surface area contributed by atoms with E-state index in [1.807, 2.05) is 18.2 Å². The SMILES string of the molecule is Fc1cccc(CC(CBr)c2cccc(Br)c2)c1Cl. The Hall–Kier alpha value is -0.380. The Bertz CT molecular complexity index is 572. The van der Waals surface area contributed by atoms with Crippen molar-refractivity contribution in [3.8, 4) is 0 Å². The second-order valence-corrected chi connectivity index (χ2v) is 6.26. The molecule has 19 heavy (non-hydrogen) atoms. The molecule has 0 nitrogen and oxygen atoms in total. The van der Waals surface area contributed by atoms with Gasteiger partial charge < -0.3 is 0 Å². The zero-order valence-electron chi connectivity index (χ0n) is 10.0. The lowest BCUT2D eigenvalue weighted by Gasteiger charge is -2.16. The molecule has 2 aromatic rings. The van der Waals surface area contributed by atoms with Crippen molar-refractivity contribution >= 4 is 43.5 Å². The summed E-state index contributed by atoms with van der Waals surface area (Å²) < 4.78 is 14.5. The van der Waals surface area contributed by atoms with E-state index < -0.39 is 0 Å². The Balaban J connectivity index is 2.26. The van der Waals surface area contributed by atoms with Crippen LogP contribution < -0.4 is 0 Å². The second kappa shape index (κ2) is 6.87. The molecule has 1 atom stereocenters. The smallest absolute Gasteiger partial charge is 0.142 e. The monoisotopic (exact) mass is 404 g/mol. The molecule has 0 saturated carbocycles. The highest BCUT2D eigenvalue weighted by molar-refractivity contribution is 9.10. The van der Waals surface area contributed by atoms with Gasteiger partial charge in [0.1, 0.15) is 5.82 Å². The Kier molecular flexibility index (Phi) is 5.43. The fraction of sp³-hybridized carbons (Fsp3) is 0.200. The van der Waals surface area contributed by atoms with E-state index in [2.05, 4.69) is 44.0 Å². The van der Waals surface area contributed by atoms with Crippen LogP contribution in [-0.2, 0) is 6.42 Å². The first-order valence-electron chi connectivity index (χ1n) is 5.86. The molecule has 2 rings (SSSR count). The molecule has 0 amide bonds. The van der Waals surface area contributed by atoms with E-state index in [1.54, 1.807) is 6.07 Å². The van der Waals surface area contributed by atoms with Crippen molar-refractivity contribution in [1.82, 2.24) is 0 Å². The minimum Gasteiger partial charge on any atom is -0.205 e. The van der Waals surface area contributed by atoms with Crippen molar-refractivity contribution < 1.29 is 4.39 Å². The summed E-state index contributed by atoms with van der Waals surface area (Å²) in [6, 6.07) is 13.1. The molecule has 4 heteroatoms. The number of hydrogen-bond donors (Lipinski definition) is 0. The lowest BCUT2D eigenvalue weighted by molar-refractivity contribution is 0.624. The number of halogens is 4. The fourth-order valence-electron chi connectivity index (χ4n) is 1.99. The average molecular weight is 407 g/mol. The number of hydrogen-bond acceptors (Lipinski definition) is 0. The summed E-state index contributed by atoms with van der Waals surface area (Å²) >= 11 is 13.0. The Labute approximate surface area is 134 Å². The topological polar surface area (TPSA) is 0 Å². The third-order valence-corrected chi connectivity index (χ3v) is 4.70. The maximum absolute atomic E-state index is 13.4. The third-order valence-electron chi connectivity index (χ3n) is 3.00. The van der Waals surface area contributed by atoms with Crippen molar-refractivity contribution in [2.45, 2.75) is 12.3 Å². The maximum Gasteiger partial charge on any atom is 0.142 e. The molecule has 0 radical (unpaired) electrons. The molecule has 0 aromatic heterocycles. The van der Waals surface area contributed by atoms with Gasteiger partial charge in [0.05, 0.1) is 5.02 Å². The average Bonchev–Trinajstić information content (AvgIpc) is 2.40. The van der Waals surface area contributed by atoms with Gasteiger partial charge in [-0.1, -0.05) is 67.7 Å². The molecule has 0 spiro atoms. The van der Waals surface area contributed by atoms with Crippen LogP contribution in [0.2, 0.25) is 5.02 Å². The summed E-state index contributed by atoms with van der Waals surface area (Å²) in [5.74, 6) is -0.0986. The lowest BCUT2D eigenvalue weighted by atomic mass is 9.94. The van der Waals surface area contributed by atoms with Crippen molar-refractivity contribution in [3.05, 3.63) is 68.9 Å². The minimum absolute atomic E-state index is 0.225. The van der Waals surface area contributed by atoms with Crippen LogP contribution >= 0.6 is 43.5 Å². The van der Waals surface area contributed by atoms with Gasteiger partial charge in [-0.25, -0.2) is 4.39 Å². The zero-order valence-corrected chi connectivity index (χ0v) is 14.0. The van der Waals surface area contributed by atoms with Crippen LogP contribution in [0.3, 0.4) is 0 Å². The first-order chi connectivity index (χ1) is 9.11. The summed E-state index contributed by atoms with van der Waals surface area (Å²) in [6.07, 6.45) is 0.707. The highest BCUT2D eigenvalue weighted by atomic mass is 79.9. The molecule has 0 aliphatic heterocycles. The van der Waals surface area contributed by atoms with Crippen LogP contribution in [0.5, 0.6) is 0 Å². The van der Waals surface area contributed by atoms with E-state index in [0.717, 1.165) is 15.4 Å². The Morgan fingerprint density at radius 2 is 1.89 bits per heavy atom. The molecule has 100 valence electrons. The first kappa shape index (κ1) is 15.0. The van der Waals surface area contributed by atoms with Crippen LogP contribution in [-0.4, -0.2) is 5.33 Å². The molecule has 0 heterocycles. The molecule has 0 saturated heterocycles. The van der Waals surface area contributed by atoms with E-state index in [1.165, 1.54) is 11.6 Å². The minimum atomic E-state index is -0.360. The predicted molar refractivity (Wildman–Crippen MR) is 85.8 cm³/mol. The third kappa shape index (κ3) is 3.80. The van der Waals surface area contributed by atoms with E-state index in [-0.39, 0.29) is 16.8 Å². The zero-order chi connectivity index (χ0) is 13.8. The summed E-state index contributed by atoms with van der Waals surface area (Å²) in [6.45, 7) is 0. The van der Waals surface area contributed by atoms with Crippen LogP contribution in [0.1, 0.15) is 17.0 Å². The van der Waals surface area contributed by atoms with E-state index >= 15 is 0 Å². The molecule has 0 fully saturated rings. The second-order valence-electron chi connectivity index (χ2n) is 4.32. The van der Waals surface area contributed by atoms with Gasteiger partial charge >= 0.3 is 0 Å². The maximum atomic E-state index is 13.4. The van der Waals surface area contributed by atoms with E-state index in [4.69, 9.17) is 11.6 Å². The van der Waals surface area contributed by atoms with Gasteiger partial charge in [0.25, 0.3) is 0 Å². The van der Waals surface area contributed by atoms with Crippen molar-refractivity contribution in [2.24, 2.45) is 0 Å². The van der Waals surface area contributed by atoms with Crippen LogP contribution in [0.15, 0.2) is 46.9 Å². The van der Waals surface area contributed by atoms with Crippen LogP contribution in [0, 0.1) is 5.82 Å². The fourth-order valence-corrected chi connectivity index (χ4v) is 3.22. The normalized spacial score (nSPS) is 12.4. The lowest BCUT2D eigenvalue weighted by Crippen LogP contribution is -2.05. The highest BCUT2D eigenvalue weighted by Gasteiger charge is 2.14. The largest absolute Gasteiger partial charge is 0.205 e. The van der Waals surface area contributed by atoms with Crippen molar-refractivity contribution in [3.63, 3.8) is 0 Å². The highest BCUT2D eigenvalue weighted by Crippen LogP contribution is 2.29. The van der Waals surface area contributed by atoms with E-state index in [9.17, 15) is 4.39 Å². The molecular formula is C15H12Br2ClF. The van der Waals surface area contributed by atoms with Gasteiger partial charge in [0, 0.05) is 9.80 Å². The molecule has 0 aliphatic carbocycles. The number of benzene rings is 2. The quantitative estimate of drug-likeness (QED) is 0.550. The summed E-state index contributed by atoms with van der Waals surface area (Å²) in [7, 11) is 0. The summed E-state index contributed by atoms with van der Waals surface area (Å²) in [4.78, 5) is 0. The number of alkyl halides is 1. The van der Waals surface area contributed by atoms with Gasteiger partial charge in [0.2, 0.25) is 0 Å². The van der Waals surface area contributed by atoms with Crippen LogP contribution in [0.25, 0.3) is 0 Å². The molecule has 0 bridgehead atoms.